The zero-order chi connectivity index (χ0) is 18.0. The van der Waals surface area contributed by atoms with Crippen molar-refractivity contribution in [2.24, 2.45) is 5.92 Å². The number of pyridine rings is 1. The van der Waals surface area contributed by atoms with Gasteiger partial charge in [-0.05, 0) is 41.3 Å². The Kier molecular flexibility index (Phi) is 5.52. The van der Waals surface area contributed by atoms with Crippen molar-refractivity contribution in [1.82, 2.24) is 10.3 Å². The molecule has 1 aromatic heterocycles. The maximum Gasteiger partial charge on any atom is 0.419 e. The minimum absolute atomic E-state index is 0.0897. The van der Waals surface area contributed by atoms with Gasteiger partial charge in [-0.2, -0.15) is 13.2 Å². The molecule has 0 bridgehead atoms. The van der Waals surface area contributed by atoms with Crippen LogP contribution in [0.2, 0.25) is 0 Å². The summed E-state index contributed by atoms with van der Waals surface area (Å²) in [5, 5.41) is 2.99. The molecule has 5 nitrogen and oxygen atoms in total. The van der Waals surface area contributed by atoms with E-state index in [4.69, 9.17) is 4.74 Å². The molecule has 3 heterocycles. The lowest BCUT2D eigenvalue weighted by Crippen LogP contribution is -2.42. The number of halogens is 4. The van der Waals surface area contributed by atoms with Gasteiger partial charge in [-0.1, -0.05) is 0 Å². The quantitative estimate of drug-likeness (QED) is 0.814. The highest BCUT2D eigenvalue weighted by molar-refractivity contribution is 9.10. The number of carbonyl (C=O) groups is 1. The summed E-state index contributed by atoms with van der Waals surface area (Å²) in [6, 6.07) is 1.12. The lowest BCUT2D eigenvalue weighted by molar-refractivity contribution is -0.137. The number of rotatable bonds is 3. The zero-order valence-electron chi connectivity index (χ0n) is 13.5. The zero-order valence-corrected chi connectivity index (χ0v) is 15.1. The van der Waals surface area contributed by atoms with Gasteiger partial charge < -0.3 is 15.0 Å². The molecule has 9 heteroatoms. The van der Waals surface area contributed by atoms with E-state index in [2.05, 4.69) is 26.2 Å². The van der Waals surface area contributed by atoms with E-state index in [1.165, 1.54) is 6.20 Å². The third-order valence-electron chi connectivity index (χ3n) is 4.56. The predicted octanol–water partition coefficient (Wildman–Crippen LogP) is 2.98. The number of aromatic nitrogens is 1. The van der Waals surface area contributed by atoms with Gasteiger partial charge in [-0.25, -0.2) is 4.98 Å². The fraction of sp³-hybridized carbons (Fsp3) is 0.625. The summed E-state index contributed by atoms with van der Waals surface area (Å²) in [6.07, 6.45) is -1.08. The summed E-state index contributed by atoms with van der Waals surface area (Å²) in [6.45, 7) is 1.87. The summed E-state index contributed by atoms with van der Waals surface area (Å²) >= 11 is 3.03. The molecule has 3 rings (SSSR count). The second-order valence-corrected chi connectivity index (χ2v) is 7.26. The SMILES string of the molecule is O=C(NC1CCOCC1)C1CCN(c2ncc(Br)cc2C(F)(F)F)C1. The highest BCUT2D eigenvalue weighted by atomic mass is 79.9. The van der Waals surface area contributed by atoms with Crippen molar-refractivity contribution in [3.8, 4) is 0 Å². The maximum absolute atomic E-state index is 13.3. The second kappa shape index (κ2) is 7.49. The van der Waals surface area contributed by atoms with Crippen LogP contribution in [0.15, 0.2) is 16.7 Å². The van der Waals surface area contributed by atoms with E-state index in [0.29, 0.717) is 26.2 Å². The molecule has 0 aromatic carbocycles. The number of amides is 1. The fourth-order valence-corrected chi connectivity index (χ4v) is 3.55. The number of hydrogen-bond acceptors (Lipinski definition) is 4. The highest BCUT2D eigenvalue weighted by Gasteiger charge is 2.39. The van der Waals surface area contributed by atoms with Crippen molar-refractivity contribution < 1.29 is 22.7 Å². The third-order valence-corrected chi connectivity index (χ3v) is 5.00. The highest BCUT2D eigenvalue weighted by Crippen LogP contribution is 2.38. The first kappa shape index (κ1) is 18.4. The normalized spacial score (nSPS) is 22.2. The third kappa shape index (κ3) is 4.44. The summed E-state index contributed by atoms with van der Waals surface area (Å²) < 4.78 is 45.3. The van der Waals surface area contributed by atoms with E-state index in [1.54, 1.807) is 4.90 Å². The van der Waals surface area contributed by atoms with Crippen molar-refractivity contribution in [3.05, 3.63) is 22.3 Å². The van der Waals surface area contributed by atoms with E-state index in [9.17, 15) is 18.0 Å². The van der Waals surface area contributed by atoms with E-state index in [1.807, 2.05) is 0 Å². The summed E-state index contributed by atoms with van der Waals surface area (Å²) in [4.78, 5) is 17.9. The van der Waals surface area contributed by atoms with E-state index < -0.39 is 11.7 Å². The first-order valence-corrected chi connectivity index (χ1v) is 8.99. The van der Waals surface area contributed by atoms with Gasteiger partial charge in [0.15, 0.2) is 0 Å². The minimum atomic E-state index is -4.49. The molecule has 25 heavy (non-hydrogen) atoms. The molecule has 1 unspecified atom stereocenters. The molecule has 2 saturated heterocycles. The average Bonchev–Trinajstić information content (AvgIpc) is 3.05. The van der Waals surface area contributed by atoms with Gasteiger partial charge in [0.25, 0.3) is 0 Å². The molecule has 138 valence electrons. The van der Waals surface area contributed by atoms with Gasteiger partial charge in [0, 0.05) is 43.0 Å². The monoisotopic (exact) mass is 421 g/mol. The largest absolute Gasteiger partial charge is 0.419 e. The minimum Gasteiger partial charge on any atom is -0.381 e. The van der Waals surface area contributed by atoms with E-state index >= 15 is 0 Å². The Morgan fingerprint density at radius 3 is 2.72 bits per heavy atom. The summed E-state index contributed by atoms with van der Waals surface area (Å²) in [5.41, 5.74) is -0.785. The molecule has 0 spiro atoms. The van der Waals surface area contributed by atoms with Crippen LogP contribution in [0.25, 0.3) is 0 Å². The van der Waals surface area contributed by atoms with Crippen molar-refractivity contribution in [2.45, 2.75) is 31.5 Å². The standard InChI is InChI=1S/C16H19BrF3N3O2/c17-11-7-13(16(18,19)20)14(21-8-11)23-4-1-10(9-23)15(24)22-12-2-5-25-6-3-12/h7-8,10,12H,1-6,9H2,(H,22,24). The lowest BCUT2D eigenvalue weighted by atomic mass is 10.1. The molecule has 2 aliphatic rings. The number of hydrogen-bond donors (Lipinski definition) is 1. The van der Waals surface area contributed by atoms with Crippen LogP contribution in [-0.4, -0.2) is 43.2 Å². The topological polar surface area (TPSA) is 54.5 Å². The molecule has 2 fully saturated rings. The smallest absolute Gasteiger partial charge is 0.381 e. The fourth-order valence-electron chi connectivity index (χ4n) is 3.22. The molecule has 2 aliphatic heterocycles. The van der Waals surface area contributed by atoms with Crippen LogP contribution in [0.5, 0.6) is 0 Å². The van der Waals surface area contributed by atoms with Crippen molar-refractivity contribution in [3.63, 3.8) is 0 Å². The molecular formula is C16H19BrF3N3O2. The maximum atomic E-state index is 13.3. The summed E-state index contributed by atoms with van der Waals surface area (Å²) in [7, 11) is 0. The Morgan fingerprint density at radius 2 is 2.04 bits per heavy atom. The van der Waals surface area contributed by atoms with Gasteiger partial charge in [0.1, 0.15) is 5.82 Å². The van der Waals surface area contributed by atoms with E-state index in [-0.39, 0.29) is 34.7 Å². The Balaban J connectivity index is 1.67. The molecule has 0 aliphatic carbocycles. The van der Waals surface area contributed by atoms with Gasteiger partial charge in [0.2, 0.25) is 5.91 Å². The van der Waals surface area contributed by atoms with Crippen LogP contribution in [0, 0.1) is 5.92 Å². The first-order chi connectivity index (χ1) is 11.8. The molecular weight excluding hydrogens is 403 g/mol. The van der Waals surface area contributed by atoms with Crippen LogP contribution in [0.3, 0.4) is 0 Å². The van der Waals surface area contributed by atoms with Crippen LogP contribution < -0.4 is 10.2 Å². The van der Waals surface area contributed by atoms with Crippen LogP contribution in [-0.2, 0) is 15.7 Å². The van der Waals surface area contributed by atoms with Crippen molar-refractivity contribution in [2.75, 3.05) is 31.2 Å². The number of anilines is 1. The van der Waals surface area contributed by atoms with Crippen LogP contribution in [0.4, 0.5) is 19.0 Å². The second-order valence-electron chi connectivity index (χ2n) is 6.35. The van der Waals surface area contributed by atoms with Gasteiger partial charge in [-0.15, -0.1) is 0 Å². The molecule has 1 atom stereocenters. The lowest BCUT2D eigenvalue weighted by Gasteiger charge is -2.25. The van der Waals surface area contributed by atoms with Gasteiger partial charge in [-0.3, -0.25) is 4.79 Å². The predicted molar refractivity (Wildman–Crippen MR) is 89.2 cm³/mol. The average molecular weight is 422 g/mol. The number of nitrogens with one attached hydrogen (secondary N) is 1. The molecule has 0 saturated carbocycles. The Hall–Kier alpha value is -1.35. The van der Waals surface area contributed by atoms with Crippen molar-refractivity contribution in [1.29, 1.82) is 0 Å². The Morgan fingerprint density at radius 1 is 1.32 bits per heavy atom. The van der Waals surface area contributed by atoms with E-state index in [0.717, 1.165) is 18.9 Å². The van der Waals surface area contributed by atoms with Gasteiger partial charge in [0.05, 0.1) is 11.5 Å². The van der Waals surface area contributed by atoms with Gasteiger partial charge >= 0.3 is 6.18 Å². The molecule has 1 N–H and O–H groups in total. The van der Waals surface area contributed by atoms with Crippen LogP contribution >= 0.6 is 15.9 Å². The molecule has 1 amide bonds. The molecule has 0 radical (unpaired) electrons. The first-order valence-electron chi connectivity index (χ1n) is 8.20. The Labute approximate surface area is 152 Å². The molecule has 1 aromatic rings. The Bertz CT molecular complexity index is 636. The number of carbonyl (C=O) groups excluding carboxylic acids is 1. The number of nitrogens with zero attached hydrogens (tertiary/aromatic N) is 2. The number of alkyl halides is 3. The van der Waals surface area contributed by atoms with Crippen LogP contribution in [0.1, 0.15) is 24.8 Å². The van der Waals surface area contributed by atoms with Crippen molar-refractivity contribution >= 4 is 27.7 Å². The summed E-state index contributed by atoms with van der Waals surface area (Å²) in [5.74, 6) is -0.536. The number of ether oxygens (including phenoxy) is 1.